The van der Waals surface area contributed by atoms with Crippen LogP contribution in [0.2, 0.25) is 0 Å². The second-order valence-corrected chi connectivity index (χ2v) is 6.91. The summed E-state index contributed by atoms with van der Waals surface area (Å²) in [4.78, 5) is 20.4. The summed E-state index contributed by atoms with van der Waals surface area (Å²) in [7, 11) is 0. The Morgan fingerprint density at radius 3 is 1.34 bits per heavy atom. The van der Waals surface area contributed by atoms with Gasteiger partial charge in [0, 0.05) is 6.42 Å². The number of carbonyl (C=O) groups is 2. The monoisotopic (exact) mass is 404 g/mol. The van der Waals surface area contributed by atoms with E-state index in [1.54, 1.807) is 60.7 Å². The second-order valence-electron chi connectivity index (χ2n) is 6.91. The Kier molecular flexibility index (Phi) is 13.8. The van der Waals surface area contributed by atoms with E-state index in [4.69, 9.17) is 20.4 Å². The van der Waals surface area contributed by atoms with Crippen LogP contribution in [0.4, 0.5) is 0 Å². The number of aliphatic hydroxyl groups is 2. The molecule has 0 amide bonds. The SMILES string of the molecule is CCC(C)CC(C)CC(O)O.O=C(O)c1ccccc1.O=C(O)c1ccccc1. The molecule has 0 aliphatic rings. The zero-order valence-electron chi connectivity index (χ0n) is 17.2. The minimum Gasteiger partial charge on any atom is -0.478 e. The summed E-state index contributed by atoms with van der Waals surface area (Å²) in [6.07, 6.45) is 1.64. The minimum atomic E-state index is -1.13. The van der Waals surface area contributed by atoms with Crippen LogP contribution in [0.25, 0.3) is 0 Å². The van der Waals surface area contributed by atoms with E-state index < -0.39 is 18.2 Å². The summed E-state index contributed by atoms with van der Waals surface area (Å²) in [5.74, 6) is -0.639. The first kappa shape index (κ1) is 26.3. The predicted octanol–water partition coefficient (Wildman–Crippen LogP) is 4.53. The standard InChI is InChI=1S/C9H20O2.2C7H6O2/c1-4-7(2)5-8(3)6-9(10)11;2*8-7(9)6-4-2-1-3-5-6/h7-11H,4-6H2,1-3H3;2*1-5H,(H,8,9). The van der Waals surface area contributed by atoms with E-state index in [1.807, 2.05) is 0 Å². The van der Waals surface area contributed by atoms with Crippen molar-refractivity contribution >= 4 is 11.9 Å². The van der Waals surface area contributed by atoms with E-state index in [1.165, 1.54) is 6.42 Å². The van der Waals surface area contributed by atoms with Crippen molar-refractivity contribution in [3.05, 3.63) is 71.8 Å². The molecule has 2 unspecified atom stereocenters. The van der Waals surface area contributed by atoms with E-state index in [2.05, 4.69) is 20.8 Å². The highest BCUT2D eigenvalue weighted by molar-refractivity contribution is 5.87. The second kappa shape index (κ2) is 15.2. The molecule has 0 bridgehead atoms. The summed E-state index contributed by atoms with van der Waals surface area (Å²) in [5.41, 5.74) is 0.662. The fourth-order valence-electron chi connectivity index (χ4n) is 2.47. The fraction of sp³-hybridized carbons (Fsp3) is 0.391. The highest BCUT2D eigenvalue weighted by atomic mass is 16.5. The maximum Gasteiger partial charge on any atom is 0.335 e. The Morgan fingerprint density at radius 2 is 1.10 bits per heavy atom. The van der Waals surface area contributed by atoms with Crippen LogP contribution in [0.1, 0.15) is 60.7 Å². The smallest absolute Gasteiger partial charge is 0.335 e. The molecule has 6 heteroatoms. The van der Waals surface area contributed by atoms with Crippen molar-refractivity contribution in [2.45, 2.75) is 46.3 Å². The van der Waals surface area contributed by atoms with Gasteiger partial charge in [0.25, 0.3) is 0 Å². The lowest BCUT2D eigenvalue weighted by atomic mass is 9.93. The van der Waals surface area contributed by atoms with Crippen molar-refractivity contribution in [2.24, 2.45) is 11.8 Å². The Hall–Kier alpha value is -2.70. The summed E-state index contributed by atoms with van der Waals surface area (Å²) >= 11 is 0. The first-order valence-corrected chi connectivity index (χ1v) is 9.60. The Bertz CT molecular complexity index is 636. The number of aliphatic hydroxyl groups excluding tert-OH is 1. The van der Waals surface area contributed by atoms with Crippen molar-refractivity contribution in [3.63, 3.8) is 0 Å². The van der Waals surface area contributed by atoms with E-state index in [9.17, 15) is 9.59 Å². The molecule has 160 valence electrons. The number of carboxylic acid groups (broad SMARTS) is 2. The van der Waals surface area contributed by atoms with Gasteiger partial charge < -0.3 is 20.4 Å². The number of aromatic carboxylic acids is 2. The highest BCUT2D eigenvalue weighted by Crippen LogP contribution is 2.18. The van der Waals surface area contributed by atoms with Gasteiger partial charge in [-0.1, -0.05) is 63.6 Å². The van der Waals surface area contributed by atoms with Crippen LogP contribution in [-0.2, 0) is 0 Å². The maximum atomic E-state index is 10.2. The van der Waals surface area contributed by atoms with Crippen LogP contribution in [0.15, 0.2) is 60.7 Å². The van der Waals surface area contributed by atoms with Crippen molar-refractivity contribution in [1.82, 2.24) is 0 Å². The molecule has 29 heavy (non-hydrogen) atoms. The molecule has 2 rings (SSSR count). The van der Waals surface area contributed by atoms with E-state index in [-0.39, 0.29) is 0 Å². The number of benzene rings is 2. The average molecular weight is 405 g/mol. The largest absolute Gasteiger partial charge is 0.478 e. The molecule has 0 saturated carbocycles. The summed E-state index contributed by atoms with van der Waals surface area (Å²) in [6, 6.07) is 16.6. The molecule has 0 heterocycles. The molecule has 0 spiro atoms. The first-order valence-electron chi connectivity index (χ1n) is 9.60. The number of hydrogen-bond acceptors (Lipinski definition) is 4. The van der Waals surface area contributed by atoms with Crippen LogP contribution < -0.4 is 0 Å². The van der Waals surface area contributed by atoms with Gasteiger partial charge in [0.2, 0.25) is 0 Å². The molecule has 0 aliphatic heterocycles. The lowest BCUT2D eigenvalue weighted by Crippen LogP contribution is -2.12. The number of hydrogen-bond donors (Lipinski definition) is 4. The molecule has 0 radical (unpaired) electrons. The molecule has 2 atom stereocenters. The van der Waals surface area contributed by atoms with Gasteiger partial charge in [0.1, 0.15) is 0 Å². The quantitative estimate of drug-likeness (QED) is 0.504. The van der Waals surface area contributed by atoms with Gasteiger partial charge in [0.15, 0.2) is 6.29 Å². The third kappa shape index (κ3) is 14.0. The van der Waals surface area contributed by atoms with Gasteiger partial charge in [-0.15, -0.1) is 0 Å². The fourth-order valence-corrected chi connectivity index (χ4v) is 2.47. The lowest BCUT2D eigenvalue weighted by Gasteiger charge is -2.16. The van der Waals surface area contributed by atoms with Crippen LogP contribution in [0, 0.1) is 11.8 Å². The number of carboxylic acids is 2. The van der Waals surface area contributed by atoms with Crippen LogP contribution in [0.5, 0.6) is 0 Å². The maximum absolute atomic E-state index is 10.2. The molecule has 4 N–H and O–H groups in total. The molecule has 0 fully saturated rings. The molecule has 2 aromatic carbocycles. The molecule has 6 nitrogen and oxygen atoms in total. The first-order chi connectivity index (χ1) is 13.7. The van der Waals surface area contributed by atoms with E-state index >= 15 is 0 Å². The van der Waals surface area contributed by atoms with Crippen LogP contribution in [-0.4, -0.2) is 38.7 Å². The molecular formula is C23H32O6. The van der Waals surface area contributed by atoms with Gasteiger partial charge >= 0.3 is 11.9 Å². The van der Waals surface area contributed by atoms with E-state index in [0.29, 0.717) is 29.4 Å². The molecule has 2 aromatic rings. The zero-order chi connectivity index (χ0) is 22.2. The van der Waals surface area contributed by atoms with Gasteiger partial charge in [-0.2, -0.15) is 0 Å². The predicted molar refractivity (Wildman–Crippen MR) is 113 cm³/mol. The van der Waals surface area contributed by atoms with Crippen molar-refractivity contribution in [3.8, 4) is 0 Å². The highest BCUT2D eigenvalue weighted by Gasteiger charge is 2.10. The third-order valence-electron chi connectivity index (χ3n) is 4.16. The van der Waals surface area contributed by atoms with Crippen molar-refractivity contribution < 1.29 is 30.0 Å². The normalized spacial score (nSPS) is 11.9. The summed E-state index contributed by atoms with van der Waals surface area (Å²) < 4.78 is 0. The summed E-state index contributed by atoms with van der Waals surface area (Å²) in [5, 5.41) is 34.1. The molecule has 0 aliphatic carbocycles. The van der Waals surface area contributed by atoms with Crippen molar-refractivity contribution in [1.29, 1.82) is 0 Å². The lowest BCUT2D eigenvalue weighted by molar-refractivity contribution is -0.0560. The third-order valence-corrected chi connectivity index (χ3v) is 4.16. The van der Waals surface area contributed by atoms with Crippen LogP contribution in [0.3, 0.4) is 0 Å². The Labute approximate surface area is 172 Å². The molecule has 0 saturated heterocycles. The average Bonchev–Trinajstić information content (AvgIpc) is 2.69. The molecular weight excluding hydrogens is 372 g/mol. The topological polar surface area (TPSA) is 115 Å². The Morgan fingerprint density at radius 1 is 0.724 bits per heavy atom. The van der Waals surface area contributed by atoms with Gasteiger partial charge in [-0.25, -0.2) is 9.59 Å². The van der Waals surface area contributed by atoms with Gasteiger partial charge in [0.05, 0.1) is 11.1 Å². The minimum absolute atomic E-state index is 0.331. The summed E-state index contributed by atoms with van der Waals surface area (Å²) in [6.45, 7) is 6.42. The van der Waals surface area contributed by atoms with Gasteiger partial charge in [-0.3, -0.25) is 0 Å². The van der Waals surface area contributed by atoms with E-state index in [0.717, 1.165) is 6.42 Å². The zero-order valence-corrected chi connectivity index (χ0v) is 17.2. The van der Waals surface area contributed by atoms with Gasteiger partial charge in [-0.05, 0) is 42.5 Å². The van der Waals surface area contributed by atoms with Crippen LogP contribution >= 0.6 is 0 Å². The Balaban J connectivity index is 0.000000408. The molecule has 0 aromatic heterocycles. The number of rotatable bonds is 7. The van der Waals surface area contributed by atoms with Crippen molar-refractivity contribution in [2.75, 3.05) is 0 Å².